The number of nitrogens with one attached hydrogen (secondary N) is 1. The molecule has 0 unspecified atom stereocenters. The maximum absolute atomic E-state index is 12.0. The normalized spacial score (nSPS) is 25.2. The maximum atomic E-state index is 12.0. The molecule has 6 heteroatoms. The molecule has 0 saturated heterocycles. The van der Waals surface area contributed by atoms with Gasteiger partial charge in [-0.2, -0.15) is 0 Å². The van der Waals surface area contributed by atoms with Crippen LogP contribution in [0.3, 0.4) is 0 Å². The van der Waals surface area contributed by atoms with Gasteiger partial charge in [0.2, 0.25) is 5.91 Å². The van der Waals surface area contributed by atoms with Gasteiger partial charge in [0.05, 0.1) is 17.4 Å². The number of rotatable bonds is 5. The lowest BCUT2D eigenvalue weighted by Gasteiger charge is -2.27. The van der Waals surface area contributed by atoms with Crippen molar-refractivity contribution in [3.63, 3.8) is 0 Å². The molecule has 1 aromatic rings. The standard InChI is InChI=1S/C12H16N2O3S/c1-3-12(2,11-13-4-5-18-11)14-9(15)7-6-8(7)10(16)17/h4-5,7-8H,3,6H2,1-2H3,(H,14,15)(H,16,17)/t7-,8-,12+/m1/s1. The summed E-state index contributed by atoms with van der Waals surface area (Å²) in [7, 11) is 0. The Bertz CT molecular complexity index is 460. The SMILES string of the molecule is CC[C@](C)(NC(=O)[C@@H]1C[C@H]1C(=O)O)c1nccs1. The number of hydrogen-bond acceptors (Lipinski definition) is 4. The van der Waals surface area contributed by atoms with Crippen LogP contribution in [0.15, 0.2) is 11.6 Å². The summed E-state index contributed by atoms with van der Waals surface area (Å²) in [6.45, 7) is 3.89. The first-order valence-electron chi connectivity index (χ1n) is 5.92. The third kappa shape index (κ3) is 2.38. The zero-order valence-corrected chi connectivity index (χ0v) is 11.2. The fourth-order valence-electron chi connectivity index (χ4n) is 1.91. The first-order valence-corrected chi connectivity index (χ1v) is 6.80. The minimum atomic E-state index is -0.886. The lowest BCUT2D eigenvalue weighted by molar-refractivity contribution is -0.140. The molecule has 98 valence electrons. The van der Waals surface area contributed by atoms with Crippen molar-refractivity contribution in [3.05, 3.63) is 16.6 Å². The monoisotopic (exact) mass is 268 g/mol. The molecule has 1 aromatic heterocycles. The summed E-state index contributed by atoms with van der Waals surface area (Å²) in [5.41, 5.74) is -0.503. The molecule has 1 aliphatic carbocycles. The highest BCUT2D eigenvalue weighted by Crippen LogP contribution is 2.40. The Balaban J connectivity index is 2.04. The van der Waals surface area contributed by atoms with Crippen LogP contribution < -0.4 is 5.32 Å². The number of hydrogen-bond donors (Lipinski definition) is 2. The van der Waals surface area contributed by atoms with Gasteiger partial charge in [-0.25, -0.2) is 4.98 Å². The summed E-state index contributed by atoms with van der Waals surface area (Å²) in [5.74, 6) is -1.96. The minimum absolute atomic E-state index is 0.179. The van der Waals surface area contributed by atoms with Crippen LogP contribution in [0.5, 0.6) is 0 Å². The lowest BCUT2D eigenvalue weighted by Crippen LogP contribution is -2.44. The van der Waals surface area contributed by atoms with Crippen molar-refractivity contribution in [1.82, 2.24) is 10.3 Å². The summed E-state index contributed by atoms with van der Waals surface area (Å²) < 4.78 is 0. The molecular weight excluding hydrogens is 252 g/mol. The minimum Gasteiger partial charge on any atom is -0.481 e. The second-order valence-electron chi connectivity index (χ2n) is 4.80. The number of aliphatic carboxylic acids is 1. The van der Waals surface area contributed by atoms with E-state index in [2.05, 4.69) is 10.3 Å². The van der Waals surface area contributed by atoms with Gasteiger partial charge in [-0.1, -0.05) is 6.92 Å². The van der Waals surface area contributed by atoms with Crippen LogP contribution in [-0.4, -0.2) is 22.0 Å². The number of carbonyl (C=O) groups excluding carboxylic acids is 1. The molecule has 0 bridgehead atoms. The van der Waals surface area contributed by atoms with E-state index in [-0.39, 0.29) is 11.8 Å². The van der Waals surface area contributed by atoms with E-state index in [0.29, 0.717) is 6.42 Å². The van der Waals surface area contributed by atoms with Crippen LogP contribution in [0, 0.1) is 11.8 Å². The number of carboxylic acids is 1. The number of amides is 1. The molecule has 0 aromatic carbocycles. The van der Waals surface area contributed by atoms with Gasteiger partial charge >= 0.3 is 5.97 Å². The first kappa shape index (κ1) is 13.0. The molecule has 2 rings (SSSR count). The number of thiazole rings is 1. The highest BCUT2D eigenvalue weighted by molar-refractivity contribution is 7.09. The molecule has 1 aliphatic rings. The molecule has 1 heterocycles. The third-order valence-corrected chi connectivity index (χ3v) is 4.49. The number of nitrogens with zero attached hydrogens (tertiary/aromatic N) is 1. The van der Waals surface area contributed by atoms with Crippen LogP contribution in [0.4, 0.5) is 0 Å². The van der Waals surface area contributed by atoms with E-state index in [9.17, 15) is 9.59 Å². The molecule has 18 heavy (non-hydrogen) atoms. The molecule has 0 radical (unpaired) electrons. The van der Waals surface area contributed by atoms with Crippen LogP contribution in [0.2, 0.25) is 0 Å². The van der Waals surface area contributed by atoms with E-state index < -0.39 is 17.4 Å². The Morgan fingerprint density at radius 1 is 1.61 bits per heavy atom. The van der Waals surface area contributed by atoms with Crippen LogP contribution >= 0.6 is 11.3 Å². The molecule has 2 N–H and O–H groups in total. The topological polar surface area (TPSA) is 79.3 Å². The summed E-state index contributed by atoms with van der Waals surface area (Å²) in [6.07, 6.45) is 2.87. The predicted molar refractivity (Wildman–Crippen MR) is 67.1 cm³/mol. The molecule has 0 spiro atoms. The van der Waals surface area contributed by atoms with Gasteiger partial charge in [0.1, 0.15) is 5.01 Å². The molecule has 1 fully saturated rings. The van der Waals surface area contributed by atoms with E-state index >= 15 is 0 Å². The fourth-order valence-corrected chi connectivity index (χ4v) is 2.74. The highest BCUT2D eigenvalue weighted by Gasteiger charge is 2.49. The smallest absolute Gasteiger partial charge is 0.307 e. The van der Waals surface area contributed by atoms with Gasteiger partial charge in [-0.3, -0.25) is 9.59 Å². The van der Waals surface area contributed by atoms with Gasteiger partial charge in [-0.05, 0) is 19.8 Å². The van der Waals surface area contributed by atoms with Crippen LogP contribution in [0.1, 0.15) is 31.7 Å². The number of carbonyl (C=O) groups is 2. The molecular formula is C12H16N2O3S. The Hall–Kier alpha value is -1.43. The van der Waals surface area contributed by atoms with Crippen molar-refractivity contribution in [2.75, 3.05) is 0 Å². The summed E-state index contributed by atoms with van der Waals surface area (Å²) in [4.78, 5) is 27.0. The Labute approximate surface area is 109 Å². The van der Waals surface area contributed by atoms with Crippen LogP contribution in [-0.2, 0) is 15.1 Å². The van der Waals surface area contributed by atoms with Gasteiger partial charge in [0.25, 0.3) is 0 Å². The van der Waals surface area contributed by atoms with E-state index in [1.165, 1.54) is 11.3 Å². The zero-order valence-electron chi connectivity index (χ0n) is 10.3. The van der Waals surface area contributed by atoms with E-state index in [1.807, 2.05) is 19.2 Å². The Morgan fingerprint density at radius 2 is 2.33 bits per heavy atom. The third-order valence-electron chi connectivity index (χ3n) is 3.45. The van der Waals surface area contributed by atoms with E-state index in [0.717, 1.165) is 11.4 Å². The second kappa shape index (κ2) is 4.68. The van der Waals surface area contributed by atoms with Crippen molar-refractivity contribution in [2.45, 2.75) is 32.2 Å². The zero-order chi connectivity index (χ0) is 13.3. The van der Waals surface area contributed by atoms with Crippen molar-refractivity contribution in [2.24, 2.45) is 11.8 Å². The molecule has 5 nitrogen and oxygen atoms in total. The van der Waals surface area contributed by atoms with Crippen molar-refractivity contribution in [1.29, 1.82) is 0 Å². The highest BCUT2D eigenvalue weighted by atomic mass is 32.1. The predicted octanol–water partition coefficient (Wildman–Crippen LogP) is 1.61. The lowest BCUT2D eigenvalue weighted by atomic mass is 9.99. The van der Waals surface area contributed by atoms with E-state index in [4.69, 9.17) is 5.11 Å². The number of aromatic nitrogens is 1. The second-order valence-corrected chi connectivity index (χ2v) is 5.69. The first-order chi connectivity index (χ1) is 8.48. The van der Waals surface area contributed by atoms with Crippen molar-refractivity contribution in [3.8, 4) is 0 Å². The average molecular weight is 268 g/mol. The Morgan fingerprint density at radius 3 is 2.78 bits per heavy atom. The summed E-state index contributed by atoms with van der Waals surface area (Å²) in [5, 5.41) is 14.5. The van der Waals surface area contributed by atoms with Gasteiger partial charge in [-0.15, -0.1) is 11.3 Å². The average Bonchev–Trinajstić information content (AvgIpc) is 2.95. The maximum Gasteiger partial charge on any atom is 0.307 e. The molecule has 1 saturated carbocycles. The Kier molecular flexibility index (Phi) is 3.38. The largest absolute Gasteiger partial charge is 0.481 e. The molecule has 0 aliphatic heterocycles. The fraction of sp³-hybridized carbons (Fsp3) is 0.583. The number of carboxylic acid groups (broad SMARTS) is 1. The molecule has 3 atom stereocenters. The molecule has 1 amide bonds. The quantitative estimate of drug-likeness (QED) is 0.850. The summed E-state index contributed by atoms with van der Waals surface area (Å²) >= 11 is 1.49. The summed E-state index contributed by atoms with van der Waals surface area (Å²) in [6, 6.07) is 0. The van der Waals surface area contributed by atoms with Crippen molar-refractivity contribution >= 4 is 23.2 Å². The van der Waals surface area contributed by atoms with Gasteiger partial charge in [0, 0.05) is 11.6 Å². The van der Waals surface area contributed by atoms with Crippen LogP contribution in [0.25, 0.3) is 0 Å². The van der Waals surface area contributed by atoms with Crippen molar-refractivity contribution < 1.29 is 14.7 Å². The van der Waals surface area contributed by atoms with Gasteiger partial charge in [0.15, 0.2) is 0 Å². The van der Waals surface area contributed by atoms with E-state index in [1.54, 1.807) is 6.20 Å². The van der Waals surface area contributed by atoms with Gasteiger partial charge < -0.3 is 10.4 Å².